The Morgan fingerprint density at radius 3 is 2.12 bits per heavy atom. The van der Waals surface area contributed by atoms with E-state index in [4.69, 9.17) is 4.74 Å². The minimum atomic E-state index is -0.825. The van der Waals surface area contributed by atoms with E-state index in [-0.39, 0.29) is 6.04 Å². The van der Waals surface area contributed by atoms with Gasteiger partial charge < -0.3 is 20.3 Å². The molecule has 1 fully saturated rings. The zero-order valence-corrected chi connectivity index (χ0v) is 16.0. The first-order valence-electron chi connectivity index (χ1n) is 9.44. The van der Waals surface area contributed by atoms with Gasteiger partial charge in [-0.15, -0.1) is 0 Å². The van der Waals surface area contributed by atoms with Crippen LogP contribution in [-0.4, -0.2) is 40.2 Å². The molecule has 0 aromatic heterocycles. The van der Waals surface area contributed by atoms with Crippen molar-refractivity contribution < 1.29 is 19.7 Å². The summed E-state index contributed by atoms with van der Waals surface area (Å²) in [4.78, 5) is 12.2. The van der Waals surface area contributed by atoms with Gasteiger partial charge >= 0.3 is 6.09 Å². The average molecular weight is 344 g/mol. The Morgan fingerprint density at radius 2 is 1.62 bits per heavy atom. The summed E-state index contributed by atoms with van der Waals surface area (Å²) in [6.45, 7) is 9.55. The van der Waals surface area contributed by atoms with Crippen LogP contribution >= 0.6 is 0 Å². The normalized spacial score (nSPS) is 20.5. The zero-order valence-electron chi connectivity index (χ0n) is 16.0. The highest BCUT2D eigenvalue weighted by molar-refractivity contribution is 5.68. The van der Waals surface area contributed by atoms with Crippen LogP contribution in [0.15, 0.2) is 0 Å². The molecule has 5 heteroatoms. The van der Waals surface area contributed by atoms with Gasteiger partial charge in [-0.1, -0.05) is 33.1 Å². The van der Waals surface area contributed by atoms with Crippen molar-refractivity contribution in [1.29, 1.82) is 0 Å². The summed E-state index contributed by atoms with van der Waals surface area (Å²) in [6, 6.07) is -0.156. The van der Waals surface area contributed by atoms with E-state index >= 15 is 0 Å². The van der Waals surface area contributed by atoms with E-state index < -0.39 is 23.9 Å². The molecule has 0 saturated heterocycles. The smallest absolute Gasteiger partial charge is 0.407 e. The topological polar surface area (TPSA) is 78.8 Å². The van der Waals surface area contributed by atoms with Gasteiger partial charge in [0.15, 0.2) is 0 Å². The lowest BCUT2D eigenvalue weighted by molar-refractivity contribution is -0.00936. The van der Waals surface area contributed by atoms with Crippen LogP contribution in [0.4, 0.5) is 4.79 Å². The molecule has 0 bridgehead atoms. The number of alkyl carbamates (subject to hydrolysis) is 1. The minimum Gasteiger partial charge on any atom is -0.444 e. The third kappa shape index (κ3) is 8.34. The number of rotatable bonds is 7. The molecule has 24 heavy (non-hydrogen) atoms. The van der Waals surface area contributed by atoms with Crippen LogP contribution in [-0.2, 0) is 4.74 Å². The van der Waals surface area contributed by atoms with Crippen molar-refractivity contribution in [2.24, 2.45) is 11.8 Å². The lowest BCUT2D eigenvalue weighted by atomic mass is 9.81. The predicted molar refractivity (Wildman–Crippen MR) is 95.8 cm³/mol. The second kappa shape index (κ2) is 9.62. The van der Waals surface area contributed by atoms with Gasteiger partial charge in [-0.05, 0) is 58.3 Å². The van der Waals surface area contributed by atoms with Gasteiger partial charge in [-0.2, -0.15) is 0 Å². The SMILES string of the molecule is CC(C)CC(O)C(O)C[C@H](NC(=O)OC(C)(C)C)C1CCCCC1. The minimum absolute atomic E-state index is 0.156. The van der Waals surface area contributed by atoms with Crippen LogP contribution in [0.25, 0.3) is 0 Å². The van der Waals surface area contributed by atoms with Crippen molar-refractivity contribution in [2.75, 3.05) is 0 Å². The molecule has 1 aliphatic rings. The summed E-state index contributed by atoms with van der Waals surface area (Å²) in [7, 11) is 0. The van der Waals surface area contributed by atoms with E-state index in [2.05, 4.69) is 5.32 Å². The molecule has 1 aliphatic carbocycles. The fraction of sp³-hybridized carbons (Fsp3) is 0.947. The van der Waals surface area contributed by atoms with Crippen LogP contribution in [0.1, 0.15) is 79.6 Å². The van der Waals surface area contributed by atoms with Crippen LogP contribution in [0, 0.1) is 11.8 Å². The molecule has 0 aliphatic heterocycles. The first kappa shape index (κ1) is 21.2. The monoisotopic (exact) mass is 343 g/mol. The molecular weight excluding hydrogens is 306 g/mol. The molecule has 1 amide bonds. The van der Waals surface area contributed by atoms with Crippen molar-refractivity contribution in [1.82, 2.24) is 5.32 Å². The number of carbonyl (C=O) groups is 1. The Hall–Kier alpha value is -0.810. The number of amides is 1. The number of hydrogen-bond acceptors (Lipinski definition) is 4. The first-order chi connectivity index (χ1) is 11.1. The van der Waals surface area contributed by atoms with E-state index in [0.29, 0.717) is 24.7 Å². The lowest BCUT2D eigenvalue weighted by Crippen LogP contribution is -2.46. The summed E-state index contributed by atoms with van der Waals surface area (Å²) < 4.78 is 5.37. The van der Waals surface area contributed by atoms with Gasteiger partial charge in [-0.25, -0.2) is 4.79 Å². The van der Waals surface area contributed by atoms with Crippen LogP contribution in [0.3, 0.4) is 0 Å². The van der Waals surface area contributed by atoms with Crippen molar-refractivity contribution in [3.63, 3.8) is 0 Å². The van der Waals surface area contributed by atoms with Gasteiger partial charge in [0, 0.05) is 6.04 Å². The van der Waals surface area contributed by atoms with E-state index in [1.54, 1.807) is 0 Å². The highest BCUT2D eigenvalue weighted by Crippen LogP contribution is 2.29. The number of nitrogens with one attached hydrogen (secondary N) is 1. The summed E-state index contributed by atoms with van der Waals surface area (Å²) in [6.07, 6.45) is 4.55. The first-order valence-corrected chi connectivity index (χ1v) is 9.44. The van der Waals surface area contributed by atoms with Gasteiger partial charge in [0.1, 0.15) is 5.60 Å². The Bertz CT molecular complexity index is 372. The summed E-state index contributed by atoms with van der Waals surface area (Å²) in [5.41, 5.74) is -0.545. The highest BCUT2D eigenvalue weighted by atomic mass is 16.6. The molecule has 0 spiro atoms. The third-order valence-corrected chi connectivity index (χ3v) is 4.57. The Balaban J connectivity index is 2.68. The maximum atomic E-state index is 12.2. The van der Waals surface area contributed by atoms with Crippen LogP contribution < -0.4 is 5.32 Å². The molecule has 0 aromatic carbocycles. The molecule has 3 atom stereocenters. The summed E-state index contributed by atoms with van der Waals surface area (Å²) in [5, 5.41) is 23.5. The lowest BCUT2D eigenvalue weighted by Gasteiger charge is -2.34. The maximum absolute atomic E-state index is 12.2. The van der Waals surface area contributed by atoms with E-state index in [9.17, 15) is 15.0 Å². The highest BCUT2D eigenvalue weighted by Gasteiger charge is 2.31. The number of hydrogen-bond donors (Lipinski definition) is 3. The quantitative estimate of drug-likeness (QED) is 0.660. The second-order valence-corrected chi connectivity index (χ2v) is 8.65. The average Bonchev–Trinajstić information content (AvgIpc) is 2.44. The van der Waals surface area contributed by atoms with Gasteiger partial charge in [0.2, 0.25) is 0 Å². The molecule has 3 N–H and O–H groups in total. The molecule has 142 valence electrons. The fourth-order valence-corrected chi connectivity index (χ4v) is 3.42. The van der Waals surface area contributed by atoms with E-state index in [1.165, 1.54) is 6.42 Å². The molecule has 5 nitrogen and oxygen atoms in total. The molecule has 1 saturated carbocycles. The maximum Gasteiger partial charge on any atom is 0.407 e. The van der Waals surface area contributed by atoms with Crippen molar-refractivity contribution in [2.45, 2.75) is 103 Å². The largest absolute Gasteiger partial charge is 0.444 e. The number of aliphatic hydroxyl groups excluding tert-OH is 2. The molecule has 2 unspecified atom stereocenters. The number of ether oxygens (including phenoxy) is 1. The third-order valence-electron chi connectivity index (χ3n) is 4.57. The summed E-state index contributed by atoms with van der Waals surface area (Å²) >= 11 is 0. The molecule has 1 rings (SSSR count). The van der Waals surface area contributed by atoms with Crippen molar-refractivity contribution >= 4 is 6.09 Å². The fourth-order valence-electron chi connectivity index (χ4n) is 3.42. The van der Waals surface area contributed by atoms with E-state index in [0.717, 1.165) is 25.7 Å². The van der Waals surface area contributed by atoms with Crippen molar-refractivity contribution in [3.8, 4) is 0 Å². The Labute approximate surface area is 147 Å². The molecule has 0 radical (unpaired) electrons. The van der Waals surface area contributed by atoms with Gasteiger partial charge in [0.05, 0.1) is 12.2 Å². The van der Waals surface area contributed by atoms with E-state index in [1.807, 2.05) is 34.6 Å². The van der Waals surface area contributed by atoms with Crippen LogP contribution in [0.2, 0.25) is 0 Å². The molecular formula is C19H37NO4. The summed E-state index contributed by atoms with van der Waals surface area (Å²) in [5.74, 6) is 0.661. The standard InChI is InChI=1S/C19H37NO4/c1-13(2)11-16(21)17(22)12-15(14-9-7-6-8-10-14)20-18(23)24-19(3,4)5/h13-17,21-22H,6-12H2,1-5H3,(H,20,23)/t15-,16?,17?/m0/s1. The van der Waals surface area contributed by atoms with Crippen molar-refractivity contribution in [3.05, 3.63) is 0 Å². The molecule has 0 aromatic rings. The predicted octanol–water partition coefficient (Wildman–Crippen LogP) is 3.62. The number of carbonyl (C=O) groups excluding carboxylic acids is 1. The Morgan fingerprint density at radius 1 is 1.08 bits per heavy atom. The number of aliphatic hydroxyl groups is 2. The van der Waals surface area contributed by atoms with Crippen LogP contribution in [0.5, 0.6) is 0 Å². The van der Waals surface area contributed by atoms with Gasteiger partial charge in [0.25, 0.3) is 0 Å². The second-order valence-electron chi connectivity index (χ2n) is 8.65. The van der Waals surface area contributed by atoms with Gasteiger partial charge in [-0.3, -0.25) is 0 Å². The molecule has 0 heterocycles. The Kier molecular flexibility index (Phi) is 8.51. The zero-order chi connectivity index (χ0) is 18.3.